The molecule has 104 valence electrons. The third-order valence-corrected chi connectivity index (χ3v) is 2.61. The Morgan fingerprint density at radius 3 is 2.58 bits per heavy atom. The highest BCUT2D eigenvalue weighted by molar-refractivity contribution is 9.10. The maximum absolute atomic E-state index is 13.3. The number of hydrogen-bond donors (Lipinski definition) is 1. The van der Waals surface area contributed by atoms with Gasteiger partial charge in [0.05, 0.1) is 6.04 Å². The molecule has 1 amide bonds. The maximum atomic E-state index is 13.3. The molecule has 1 aromatic carbocycles. The van der Waals surface area contributed by atoms with Crippen LogP contribution in [0.5, 0.6) is 0 Å². The second kappa shape index (κ2) is 6.19. The molecule has 3 nitrogen and oxygen atoms in total. The monoisotopic (exact) mass is 329 g/mol. The summed E-state index contributed by atoms with van der Waals surface area (Å²) in [6.07, 6.45) is 0.947. The van der Waals surface area contributed by atoms with Gasteiger partial charge in [-0.05, 0) is 44.5 Å². The number of ether oxygens (including phenoxy) is 1. The molecule has 1 unspecified atom stereocenters. The van der Waals surface area contributed by atoms with Gasteiger partial charge in [0, 0.05) is 4.47 Å². The Kier molecular flexibility index (Phi) is 5.11. The Morgan fingerprint density at radius 1 is 1.47 bits per heavy atom. The van der Waals surface area contributed by atoms with Crippen molar-refractivity contribution in [3.63, 3.8) is 0 Å². The van der Waals surface area contributed by atoms with Crippen molar-refractivity contribution in [1.82, 2.24) is 5.32 Å². The molecule has 19 heavy (non-hydrogen) atoms. The van der Waals surface area contributed by atoms with Crippen molar-refractivity contribution in [2.75, 3.05) is 0 Å². The summed E-state index contributed by atoms with van der Waals surface area (Å²) in [6.45, 7) is 8.95. The zero-order valence-electron chi connectivity index (χ0n) is 11.2. The van der Waals surface area contributed by atoms with Crippen LogP contribution in [0.15, 0.2) is 35.3 Å². The average molecular weight is 330 g/mol. The van der Waals surface area contributed by atoms with E-state index in [-0.39, 0.29) is 5.82 Å². The van der Waals surface area contributed by atoms with Gasteiger partial charge in [-0.1, -0.05) is 22.0 Å². The van der Waals surface area contributed by atoms with Crippen molar-refractivity contribution >= 4 is 22.0 Å². The highest BCUT2D eigenvalue weighted by atomic mass is 79.9. The summed E-state index contributed by atoms with van der Waals surface area (Å²) in [5.74, 6) is -0.387. The molecule has 0 spiro atoms. The smallest absolute Gasteiger partial charge is 0.408 e. The molecule has 0 radical (unpaired) electrons. The number of carbonyl (C=O) groups excluding carboxylic acids is 1. The predicted molar refractivity (Wildman–Crippen MR) is 76.4 cm³/mol. The van der Waals surface area contributed by atoms with Crippen molar-refractivity contribution in [3.8, 4) is 0 Å². The minimum Gasteiger partial charge on any atom is -0.444 e. The van der Waals surface area contributed by atoms with E-state index in [1.165, 1.54) is 18.2 Å². The van der Waals surface area contributed by atoms with Crippen LogP contribution in [0.2, 0.25) is 0 Å². The highest BCUT2D eigenvalue weighted by Crippen LogP contribution is 2.21. The molecular formula is C14H17BrFNO2. The first-order chi connectivity index (χ1) is 8.71. The zero-order chi connectivity index (χ0) is 14.6. The molecule has 0 saturated heterocycles. The van der Waals surface area contributed by atoms with E-state index in [1.54, 1.807) is 26.8 Å². The van der Waals surface area contributed by atoms with E-state index >= 15 is 0 Å². The standard InChI is InChI=1S/C14H17BrFNO2/c1-5-12(17-13(18)19-14(2,3)4)9-6-10(15)8-11(16)7-9/h5-8,12H,1H2,2-4H3,(H,17,18). The van der Waals surface area contributed by atoms with Gasteiger partial charge in [0.25, 0.3) is 0 Å². The zero-order valence-corrected chi connectivity index (χ0v) is 12.8. The van der Waals surface area contributed by atoms with Gasteiger partial charge in [-0.2, -0.15) is 0 Å². The van der Waals surface area contributed by atoms with Gasteiger partial charge in [-0.25, -0.2) is 9.18 Å². The lowest BCUT2D eigenvalue weighted by atomic mass is 10.1. The number of hydrogen-bond acceptors (Lipinski definition) is 2. The van der Waals surface area contributed by atoms with E-state index in [1.807, 2.05) is 0 Å². The summed E-state index contributed by atoms with van der Waals surface area (Å²) < 4.78 is 19.1. The Morgan fingerprint density at radius 2 is 2.11 bits per heavy atom. The molecule has 0 aliphatic heterocycles. The molecule has 1 atom stereocenters. The van der Waals surface area contributed by atoms with Gasteiger partial charge >= 0.3 is 6.09 Å². The van der Waals surface area contributed by atoms with Gasteiger partial charge in [-0.3, -0.25) is 0 Å². The van der Waals surface area contributed by atoms with Gasteiger partial charge in [0.15, 0.2) is 0 Å². The molecular weight excluding hydrogens is 313 g/mol. The third-order valence-electron chi connectivity index (χ3n) is 2.15. The Labute approximate surface area is 121 Å². The van der Waals surface area contributed by atoms with Gasteiger partial charge < -0.3 is 10.1 Å². The second-order valence-electron chi connectivity index (χ2n) is 5.06. The van der Waals surface area contributed by atoms with Crippen LogP contribution in [0, 0.1) is 5.82 Å². The van der Waals surface area contributed by atoms with E-state index in [2.05, 4.69) is 27.8 Å². The van der Waals surface area contributed by atoms with Crippen molar-refractivity contribution < 1.29 is 13.9 Å². The van der Waals surface area contributed by atoms with Gasteiger partial charge in [-0.15, -0.1) is 6.58 Å². The Bertz CT molecular complexity index is 463. The number of carbonyl (C=O) groups is 1. The first-order valence-corrected chi connectivity index (χ1v) is 6.58. The fraction of sp³-hybridized carbons (Fsp3) is 0.357. The predicted octanol–water partition coefficient (Wildman–Crippen LogP) is 4.34. The summed E-state index contributed by atoms with van der Waals surface area (Å²) in [4.78, 5) is 11.7. The largest absolute Gasteiger partial charge is 0.444 e. The minimum absolute atomic E-state index is 0.387. The van der Waals surface area contributed by atoms with Crippen LogP contribution in [-0.4, -0.2) is 11.7 Å². The molecule has 0 heterocycles. The molecule has 0 saturated carbocycles. The lowest BCUT2D eigenvalue weighted by Crippen LogP contribution is -2.34. The van der Waals surface area contributed by atoms with Crippen LogP contribution in [0.4, 0.5) is 9.18 Å². The lowest BCUT2D eigenvalue weighted by Gasteiger charge is -2.22. The van der Waals surface area contributed by atoms with E-state index in [0.29, 0.717) is 10.0 Å². The first-order valence-electron chi connectivity index (χ1n) is 5.79. The average Bonchev–Trinajstić information content (AvgIpc) is 2.21. The lowest BCUT2D eigenvalue weighted by molar-refractivity contribution is 0.0514. The first kappa shape index (κ1) is 15.7. The summed E-state index contributed by atoms with van der Waals surface area (Å²) in [5.41, 5.74) is 0.00550. The van der Waals surface area contributed by atoms with Gasteiger partial charge in [0.1, 0.15) is 11.4 Å². The van der Waals surface area contributed by atoms with E-state index < -0.39 is 17.7 Å². The molecule has 0 aliphatic carbocycles. The third kappa shape index (κ3) is 5.42. The summed E-state index contributed by atoms with van der Waals surface area (Å²) in [6, 6.07) is 3.89. The van der Waals surface area contributed by atoms with Crippen molar-refractivity contribution in [2.45, 2.75) is 32.4 Å². The van der Waals surface area contributed by atoms with E-state index in [9.17, 15) is 9.18 Å². The van der Waals surface area contributed by atoms with Crippen molar-refractivity contribution in [1.29, 1.82) is 0 Å². The number of rotatable bonds is 3. The fourth-order valence-corrected chi connectivity index (χ4v) is 1.95. The normalized spacial score (nSPS) is 12.7. The molecule has 1 rings (SSSR count). The van der Waals surface area contributed by atoms with Crippen LogP contribution in [0.1, 0.15) is 32.4 Å². The van der Waals surface area contributed by atoms with Crippen LogP contribution >= 0.6 is 15.9 Å². The molecule has 1 aromatic rings. The topological polar surface area (TPSA) is 38.3 Å². The van der Waals surface area contributed by atoms with Crippen molar-refractivity contribution in [3.05, 3.63) is 46.7 Å². The van der Waals surface area contributed by atoms with Crippen LogP contribution in [0.25, 0.3) is 0 Å². The van der Waals surface area contributed by atoms with E-state index in [4.69, 9.17) is 4.74 Å². The highest BCUT2D eigenvalue weighted by Gasteiger charge is 2.19. The second-order valence-corrected chi connectivity index (χ2v) is 5.98. The molecule has 0 aliphatic rings. The van der Waals surface area contributed by atoms with Crippen LogP contribution < -0.4 is 5.32 Å². The molecule has 1 N–H and O–H groups in total. The number of nitrogens with one attached hydrogen (secondary N) is 1. The van der Waals surface area contributed by atoms with Gasteiger partial charge in [0.2, 0.25) is 0 Å². The molecule has 0 aromatic heterocycles. The quantitative estimate of drug-likeness (QED) is 0.837. The fourth-order valence-electron chi connectivity index (χ4n) is 1.47. The molecule has 5 heteroatoms. The minimum atomic E-state index is -0.585. The van der Waals surface area contributed by atoms with Crippen LogP contribution in [0.3, 0.4) is 0 Å². The maximum Gasteiger partial charge on any atom is 0.408 e. The Balaban J connectivity index is 2.84. The summed E-state index contributed by atoms with van der Waals surface area (Å²) in [7, 11) is 0. The number of halogens is 2. The number of alkyl carbamates (subject to hydrolysis) is 1. The molecule has 0 fully saturated rings. The number of benzene rings is 1. The molecule has 0 bridgehead atoms. The summed E-state index contributed by atoms with van der Waals surface area (Å²) in [5, 5.41) is 2.63. The van der Waals surface area contributed by atoms with Crippen LogP contribution in [-0.2, 0) is 4.74 Å². The van der Waals surface area contributed by atoms with E-state index in [0.717, 1.165) is 0 Å². The Hall–Kier alpha value is -1.36. The summed E-state index contributed by atoms with van der Waals surface area (Å²) >= 11 is 3.21. The van der Waals surface area contributed by atoms with Crippen molar-refractivity contribution in [2.24, 2.45) is 0 Å². The number of amides is 1. The SMILES string of the molecule is C=CC(NC(=O)OC(C)(C)C)c1cc(F)cc(Br)c1.